The van der Waals surface area contributed by atoms with Crippen LogP contribution in [0.1, 0.15) is 54.0 Å². The molecule has 0 aliphatic carbocycles. The fraction of sp³-hybridized carbons (Fsp3) is 0.300. The van der Waals surface area contributed by atoms with Gasteiger partial charge in [0, 0.05) is 9.13 Å². The predicted molar refractivity (Wildman–Crippen MR) is 108 cm³/mol. The zero-order valence-corrected chi connectivity index (χ0v) is 17.1. The van der Waals surface area contributed by atoms with E-state index in [2.05, 4.69) is 34.9 Å². The maximum atomic E-state index is 13.0. The first kappa shape index (κ1) is 19.4. The zero-order valence-electron chi connectivity index (χ0n) is 15.0. The highest BCUT2D eigenvalue weighted by Crippen LogP contribution is 2.18. The third-order valence-corrected chi connectivity index (χ3v) is 4.76. The second-order valence-corrected chi connectivity index (χ2v) is 7.94. The van der Waals surface area contributed by atoms with Crippen molar-refractivity contribution in [1.82, 2.24) is 10.4 Å². The fourth-order valence-electron chi connectivity index (χ4n) is 2.34. The summed E-state index contributed by atoms with van der Waals surface area (Å²) in [4.78, 5) is 25.6. The van der Waals surface area contributed by atoms with Gasteiger partial charge in [-0.15, -0.1) is 0 Å². The molecule has 2 amide bonds. The van der Waals surface area contributed by atoms with Crippen molar-refractivity contribution in [3.05, 3.63) is 68.8 Å². The van der Waals surface area contributed by atoms with Crippen LogP contribution in [0.2, 0.25) is 0 Å². The molecule has 0 radical (unpaired) electrons. The van der Waals surface area contributed by atoms with Crippen molar-refractivity contribution in [2.75, 3.05) is 0 Å². The highest BCUT2D eigenvalue weighted by molar-refractivity contribution is 14.1. The number of hydrazine groups is 1. The van der Waals surface area contributed by atoms with E-state index < -0.39 is 5.54 Å². The van der Waals surface area contributed by atoms with Crippen LogP contribution in [0.5, 0.6) is 0 Å². The van der Waals surface area contributed by atoms with Gasteiger partial charge in [-0.1, -0.05) is 31.2 Å². The van der Waals surface area contributed by atoms with Crippen molar-refractivity contribution in [1.29, 1.82) is 0 Å². The Morgan fingerprint density at radius 1 is 1.04 bits per heavy atom. The molecule has 0 spiro atoms. The Balaban J connectivity index is 2.28. The summed E-state index contributed by atoms with van der Waals surface area (Å²) in [6.45, 7) is 7.74. The molecule has 25 heavy (non-hydrogen) atoms. The van der Waals surface area contributed by atoms with Gasteiger partial charge in [-0.05, 0) is 79.6 Å². The summed E-state index contributed by atoms with van der Waals surface area (Å²) in [6.07, 6.45) is 0.917. The van der Waals surface area contributed by atoms with Crippen LogP contribution in [0, 0.1) is 3.57 Å². The average molecular weight is 450 g/mol. The van der Waals surface area contributed by atoms with Crippen LogP contribution in [0.4, 0.5) is 0 Å². The molecule has 0 fully saturated rings. The molecule has 4 nitrogen and oxygen atoms in total. The number of rotatable bonds is 3. The van der Waals surface area contributed by atoms with Crippen LogP contribution in [-0.2, 0) is 6.42 Å². The molecule has 132 valence electrons. The van der Waals surface area contributed by atoms with Gasteiger partial charge in [0.05, 0.1) is 11.1 Å². The van der Waals surface area contributed by atoms with Gasteiger partial charge in [0.15, 0.2) is 0 Å². The number of carbonyl (C=O) groups is 2. The minimum atomic E-state index is -0.559. The third-order valence-electron chi connectivity index (χ3n) is 3.81. The Morgan fingerprint density at radius 2 is 1.64 bits per heavy atom. The largest absolute Gasteiger partial charge is 0.272 e. The van der Waals surface area contributed by atoms with Gasteiger partial charge in [0.2, 0.25) is 0 Å². The molecule has 2 aromatic rings. The Kier molecular flexibility index (Phi) is 6.21. The van der Waals surface area contributed by atoms with E-state index in [-0.39, 0.29) is 11.8 Å². The lowest BCUT2D eigenvalue weighted by Gasteiger charge is -2.35. The van der Waals surface area contributed by atoms with Crippen molar-refractivity contribution < 1.29 is 9.59 Å². The quantitative estimate of drug-likeness (QED) is 0.556. The van der Waals surface area contributed by atoms with E-state index in [0.717, 1.165) is 9.99 Å². The van der Waals surface area contributed by atoms with Crippen molar-refractivity contribution in [2.45, 2.75) is 39.7 Å². The number of aryl methyl sites for hydroxylation is 1. The summed E-state index contributed by atoms with van der Waals surface area (Å²) in [5, 5.41) is 1.40. The second-order valence-electron chi connectivity index (χ2n) is 6.78. The van der Waals surface area contributed by atoms with Gasteiger partial charge >= 0.3 is 0 Å². The molecule has 5 heteroatoms. The molecule has 1 N–H and O–H groups in total. The first-order chi connectivity index (χ1) is 11.7. The summed E-state index contributed by atoms with van der Waals surface area (Å²) in [7, 11) is 0. The highest BCUT2D eigenvalue weighted by Gasteiger charge is 2.30. The van der Waals surface area contributed by atoms with E-state index in [1.807, 2.05) is 51.1 Å². The van der Waals surface area contributed by atoms with Gasteiger partial charge < -0.3 is 0 Å². The summed E-state index contributed by atoms with van der Waals surface area (Å²) in [5.41, 5.74) is 4.49. The number of nitrogens with zero attached hydrogens (tertiary/aromatic N) is 1. The van der Waals surface area contributed by atoms with E-state index >= 15 is 0 Å². The molecule has 0 aromatic heterocycles. The molecule has 0 saturated heterocycles. The van der Waals surface area contributed by atoms with E-state index in [0.29, 0.717) is 11.1 Å². The van der Waals surface area contributed by atoms with Crippen LogP contribution < -0.4 is 5.43 Å². The molecule has 0 aliphatic rings. The Morgan fingerprint density at radius 3 is 2.16 bits per heavy atom. The number of hydrogen-bond donors (Lipinski definition) is 1. The average Bonchev–Trinajstić information content (AvgIpc) is 2.58. The van der Waals surface area contributed by atoms with Crippen LogP contribution in [0.25, 0.3) is 0 Å². The molecule has 0 saturated carbocycles. The van der Waals surface area contributed by atoms with E-state index in [1.54, 1.807) is 18.2 Å². The number of nitrogens with one attached hydrogen (secondary N) is 1. The van der Waals surface area contributed by atoms with Crippen molar-refractivity contribution in [3.8, 4) is 0 Å². The molecule has 2 aromatic carbocycles. The van der Waals surface area contributed by atoms with Gasteiger partial charge in [-0.25, -0.2) is 5.01 Å². The maximum absolute atomic E-state index is 13.0. The lowest BCUT2D eigenvalue weighted by molar-refractivity contribution is 0.0358. The highest BCUT2D eigenvalue weighted by atomic mass is 127. The van der Waals surface area contributed by atoms with Crippen LogP contribution in [-0.4, -0.2) is 22.4 Å². The fourth-order valence-corrected chi connectivity index (χ4v) is 2.97. The van der Waals surface area contributed by atoms with Crippen molar-refractivity contribution in [3.63, 3.8) is 0 Å². The monoisotopic (exact) mass is 450 g/mol. The summed E-state index contributed by atoms with van der Waals surface area (Å²) in [6, 6.07) is 14.8. The first-order valence-electron chi connectivity index (χ1n) is 8.23. The third kappa shape index (κ3) is 4.81. The predicted octanol–water partition coefficient (Wildman–Crippen LogP) is 4.44. The standard InChI is InChI=1S/C20H23IN2O2/c1-5-14-10-12-15(13-11-14)19(25)23(20(2,3)4)22-18(24)16-8-6-7-9-17(16)21/h6-13H,5H2,1-4H3,(H,22,24). The smallest absolute Gasteiger partial charge is 0.267 e. The van der Waals surface area contributed by atoms with Gasteiger partial charge in [0.25, 0.3) is 11.8 Å². The SMILES string of the molecule is CCc1ccc(C(=O)N(NC(=O)c2ccccc2I)C(C)(C)C)cc1. The number of halogens is 1. The number of carbonyl (C=O) groups excluding carboxylic acids is 2. The minimum absolute atomic E-state index is 0.227. The molecule has 0 heterocycles. The Bertz CT molecular complexity index is 764. The number of benzene rings is 2. The Hall–Kier alpha value is -1.89. The molecule has 0 aliphatic heterocycles. The van der Waals surface area contributed by atoms with Crippen molar-refractivity contribution >= 4 is 34.4 Å². The normalized spacial score (nSPS) is 11.1. The molecule has 0 atom stereocenters. The Labute approximate surface area is 162 Å². The van der Waals surface area contributed by atoms with Gasteiger partial charge in [0.1, 0.15) is 0 Å². The maximum Gasteiger partial charge on any atom is 0.272 e. The first-order valence-corrected chi connectivity index (χ1v) is 9.31. The zero-order chi connectivity index (χ0) is 18.6. The van der Waals surface area contributed by atoms with Gasteiger partial charge in [-0.3, -0.25) is 15.0 Å². The van der Waals surface area contributed by atoms with E-state index in [1.165, 1.54) is 10.6 Å². The molecule has 2 rings (SSSR count). The van der Waals surface area contributed by atoms with Gasteiger partial charge in [-0.2, -0.15) is 0 Å². The van der Waals surface area contributed by atoms with Crippen LogP contribution in [0.15, 0.2) is 48.5 Å². The van der Waals surface area contributed by atoms with Crippen molar-refractivity contribution in [2.24, 2.45) is 0 Å². The topological polar surface area (TPSA) is 49.4 Å². The molecule has 0 bridgehead atoms. The van der Waals surface area contributed by atoms with Crippen LogP contribution in [0.3, 0.4) is 0 Å². The molecular formula is C20H23IN2O2. The van der Waals surface area contributed by atoms with E-state index in [4.69, 9.17) is 0 Å². The van der Waals surface area contributed by atoms with Crippen LogP contribution >= 0.6 is 22.6 Å². The lowest BCUT2D eigenvalue weighted by atomic mass is 10.0. The molecular weight excluding hydrogens is 427 g/mol. The summed E-state index contributed by atoms with van der Waals surface area (Å²) >= 11 is 2.12. The number of amides is 2. The number of hydrogen-bond acceptors (Lipinski definition) is 2. The summed E-state index contributed by atoms with van der Waals surface area (Å²) in [5.74, 6) is -0.520. The van der Waals surface area contributed by atoms with E-state index in [9.17, 15) is 9.59 Å². The lowest BCUT2D eigenvalue weighted by Crippen LogP contribution is -2.56. The second kappa shape index (κ2) is 7.99. The summed E-state index contributed by atoms with van der Waals surface area (Å²) < 4.78 is 0.839. The molecule has 0 unspecified atom stereocenters. The minimum Gasteiger partial charge on any atom is -0.267 e.